The second-order valence-corrected chi connectivity index (χ2v) is 3.13. The molecule has 2 N–H and O–H groups in total. The first-order valence-corrected chi connectivity index (χ1v) is 4.04. The zero-order valence-corrected chi connectivity index (χ0v) is 7.99. The molecule has 1 aromatic rings. The molecule has 0 aliphatic rings. The highest BCUT2D eigenvalue weighted by molar-refractivity contribution is 5.41. The molecule has 13 heavy (non-hydrogen) atoms. The van der Waals surface area contributed by atoms with E-state index in [9.17, 15) is 0 Å². The lowest BCUT2D eigenvalue weighted by atomic mass is 10.3. The maximum absolute atomic E-state index is 5.42. The van der Waals surface area contributed by atoms with Gasteiger partial charge < -0.3 is 10.6 Å². The summed E-state index contributed by atoms with van der Waals surface area (Å²) in [5, 5.41) is 7.70. The average molecular weight is 178 g/mol. The van der Waals surface area contributed by atoms with Crippen molar-refractivity contribution in [3.8, 4) is 0 Å². The standard InChI is InChI=1S/C9H14N4/c1-7(2)6-13(3)9-5-4-8(10)11-12-9/h4-5H,1,6H2,2-3H3,(H2,10,11). The minimum atomic E-state index is 0.437. The van der Waals surface area contributed by atoms with Crippen LogP contribution in [-0.4, -0.2) is 23.8 Å². The maximum atomic E-state index is 5.42. The fraction of sp³-hybridized carbons (Fsp3) is 0.333. The van der Waals surface area contributed by atoms with Gasteiger partial charge in [0.1, 0.15) is 5.82 Å². The molecule has 0 aliphatic carbocycles. The van der Waals surface area contributed by atoms with Crippen molar-refractivity contribution in [1.29, 1.82) is 0 Å². The lowest BCUT2D eigenvalue weighted by Gasteiger charge is -2.16. The molecule has 0 saturated heterocycles. The molecular formula is C9H14N4. The zero-order chi connectivity index (χ0) is 9.84. The van der Waals surface area contributed by atoms with Crippen molar-refractivity contribution in [3.63, 3.8) is 0 Å². The summed E-state index contributed by atoms with van der Waals surface area (Å²) >= 11 is 0. The molecule has 4 nitrogen and oxygen atoms in total. The summed E-state index contributed by atoms with van der Waals surface area (Å²) in [4.78, 5) is 1.97. The highest BCUT2D eigenvalue weighted by Crippen LogP contribution is 2.08. The first-order valence-electron chi connectivity index (χ1n) is 4.04. The Kier molecular flexibility index (Phi) is 2.84. The number of nitrogen functional groups attached to an aromatic ring is 1. The van der Waals surface area contributed by atoms with Gasteiger partial charge in [-0.3, -0.25) is 0 Å². The van der Waals surface area contributed by atoms with Crippen LogP contribution in [0.4, 0.5) is 11.6 Å². The van der Waals surface area contributed by atoms with Gasteiger partial charge in [-0.2, -0.15) is 0 Å². The Balaban J connectivity index is 2.71. The lowest BCUT2D eigenvalue weighted by molar-refractivity contribution is 0.911. The third-order valence-electron chi connectivity index (χ3n) is 1.57. The van der Waals surface area contributed by atoms with Crippen LogP contribution in [0.5, 0.6) is 0 Å². The van der Waals surface area contributed by atoms with Crippen LogP contribution in [-0.2, 0) is 0 Å². The van der Waals surface area contributed by atoms with E-state index in [-0.39, 0.29) is 0 Å². The summed E-state index contributed by atoms with van der Waals surface area (Å²) in [7, 11) is 1.94. The van der Waals surface area contributed by atoms with Crippen molar-refractivity contribution in [2.75, 3.05) is 24.2 Å². The fourth-order valence-electron chi connectivity index (χ4n) is 1.03. The third kappa shape index (κ3) is 2.74. The second-order valence-electron chi connectivity index (χ2n) is 3.13. The predicted octanol–water partition coefficient (Wildman–Crippen LogP) is 1.07. The van der Waals surface area contributed by atoms with Crippen molar-refractivity contribution >= 4 is 11.6 Å². The van der Waals surface area contributed by atoms with E-state index in [2.05, 4.69) is 16.8 Å². The van der Waals surface area contributed by atoms with E-state index in [0.29, 0.717) is 5.82 Å². The van der Waals surface area contributed by atoms with Gasteiger partial charge in [0.2, 0.25) is 0 Å². The Morgan fingerprint density at radius 3 is 2.69 bits per heavy atom. The molecule has 0 aliphatic heterocycles. The number of rotatable bonds is 3. The van der Waals surface area contributed by atoms with Gasteiger partial charge in [-0.15, -0.1) is 10.2 Å². The van der Waals surface area contributed by atoms with Gasteiger partial charge in [-0.1, -0.05) is 12.2 Å². The number of anilines is 2. The van der Waals surface area contributed by atoms with Gasteiger partial charge >= 0.3 is 0 Å². The predicted molar refractivity (Wildman–Crippen MR) is 54.5 cm³/mol. The molecule has 70 valence electrons. The van der Waals surface area contributed by atoms with Crippen LogP contribution in [0.15, 0.2) is 24.3 Å². The van der Waals surface area contributed by atoms with Crippen LogP contribution in [0.2, 0.25) is 0 Å². The molecule has 0 atom stereocenters. The number of aromatic nitrogens is 2. The van der Waals surface area contributed by atoms with Crippen LogP contribution in [0.25, 0.3) is 0 Å². The van der Waals surface area contributed by atoms with Crippen LogP contribution in [0, 0.1) is 0 Å². The van der Waals surface area contributed by atoms with E-state index in [1.807, 2.05) is 24.9 Å². The SMILES string of the molecule is C=C(C)CN(C)c1ccc(N)nn1. The molecule has 0 aromatic carbocycles. The Hall–Kier alpha value is -1.58. The summed E-state index contributed by atoms with van der Waals surface area (Å²) in [6, 6.07) is 3.57. The monoisotopic (exact) mass is 178 g/mol. The third-order valence-corrected chi connectivity index (χ3v) is 1.57. The van der Waals surface area contributed by atoms with E-state index in [0.717, 1.165) is 17.9 Å². The quantitative estimate of drug-likeness (QED) is 0.703. The molecule has 0 bridgehead atoms. The summed E-state index contributed by atoms with van der Waals surface area (Å²) in [5.41, 5.74) is 6.50. The number of nitrogens with two attached hydrogens (primary N) is 1. The molecule has 0 spiro atoms. The van der Waals surface area contributed by atoms with Crippen molar-refractivity contribution in [1.82, 2.24) is 10.2 Å². The average Bonchev–Trinajstić information content (AvgIpc) is 2.04. The smallest absolute Gasteiger partial charge is 0.151 e. The Labute approximate surface area is 78.1 Å². The molecular weight excluding hydrogens is 164 g/mol. The van der Waals surface area contributed by atoms with Crippen molar-refractivity contribution < 1.29 is 0 Å². The maximum Gasteiger partial charge on any atom is 0.151 e. The normalized spacial score (nSPS) is 9.69. The second kappa shape index (κ2) is 3.89. The fourth-order valence-corrected chi connectivity index (χ4v) is 1.03. The molecule has 1 rings (SSSR count). The van der Waals surface area contributed by atoms with Gasteiger partial charge in [0.25, 0.3) is 0 Å². The topological polar surface area (TPSA) is 55.0 Å². The van der Waals surface area contributed by atoms with Crippen molar-refractivity contribution in [2.24, 2.45) is 0 Å². The van der Waals surface area contributed by atoms with Crippen LogP contribution in [0.3, 0.4) is 0 Å². The van der Waals surface area contributed by atoms with Crippen LogP contribution < -0.4 is 10.6 Å². The van der Waals surface area contributed by atoms with E-state index in [1.165, 1.54) is 0 Å². The minimum absolute atomic E-state index is 0.437. The molecule has 0 amide bonds. The molecule has 1 aromatic heterocycles. The van der Waals surface area contributed by atoms with Crippen LogP contribution >= 0.6 is 0 Å². The zero-order valence-electron chi connectivity index (χ0n) is 7.99. The highest BCUT2D eigenvalue weighted by atomic mass is 15.3. The number of nitrogens with zero attached hydrogens (tertiary/aromatic N) is 3. The Morgan fingerprint density at radius 1 is 1.54 bits per heavy atom. The first-order chi connectivity index (χ1) is 6.09. The van der Waals surface area contributed by atoms with Gasteiger partial charge in [-0.25, -0.2) is 0 Å². The molecule has 0 saturated carbocycles. The van der Waals surface area contributed by atoms with Gasteiger partial charge in [0, 0.05) is 13.6 Å². The Morgan fingerprint density at radius 2 is 2.23 bits per heavy atom. The van der Waals surface area contributed by atoms with Crippen LogP contribution in [0.1, 0.15) is 6.92 Å². The minimum Gasteiger partial charge on any atom is -0.382 e. The number of hydrogen-bond donors (Lipinski definition) is 1. The van der Waals surface area contributed by atoms with E-state index >= 15 is 0 Å². The largest absolute Gasteiger partial charge is 0.382 e. The van der Waals surface area contributed by atoms with Crippen molar-refractivity contribution in [2.45, 2.75) is 6.92 Å². The number of likely N-dealkylation sites (N-methyl/N-ethyl adjacent to an activating group) is 1. The summed E-state index contributed by atoms with van der Waals surface area (Å²) in [5.74, 6) is 1.24. The molecule has 4 heteroatoms. The van der Waals surface area contributed by atoms with Gasteiger partial charge in [0.15, 0.2) is 5.82 Å². The molecule has 0 unspecified atom stereocenters. The summed E-state index contributed by atoms with van der Waals surface area (Å²) in [6.07, 6.45) is 0. The number of hydrogen-bond acceptors (Lipinski definition) is 4. The van der Waals surface area contributed by atoms with E-state index in [1.54, 1.807) is 6.07 Å². The first kappa shape index (κ1) is 9.51. The van der Waals surface area contributed by atoms with Crippen molar-refractivity contribution in [3.05, 3.63) is 24.3 Å². The summed E-state index contributed by atoms with van der Waals surface area (Å²) < 4.78 is 0. The lowest BCUT2D eigenvalue weighted by Crippen LogP contribution is -2.20. The highest BCUT2D eigenvalue weighted by Gasteiger charge is 2.01. The molecule has 0 fully saturated rings. The molecule has 1 heterocycles. The van der Waals surface area contributed by atoms with Gasteiger partial charge in [-0.05, 0) is 19.1 Å². The molecule has 0 radical (unpaired) electrons. The van der Waals surface area contributed by atoms with Gasteiger partial charge in [0.05, 0.1) is 0 Å². The Bertz CT molecular complexity index is 291. The van der Waals surface area contributed by atoms with E-state index < -0.39 is 0 Å². The van der Waals surface area contributed by atoms with E-state index in [4.69, 9.17) is 5.73 Å². The summed E-state index contributed by atoms with van der Waals surface area (Å²) in [6.45, 7) is 6.57.